The van der Waals surface area contributed by atoms with Crippen LogP contribution in [-0.4, -0.2) is 96.7 Å². The highest BCUT2D eigenvalue weighted by atomic mass is 31.2. The Hall–Kier alpha value is -4.02. The van der Waals surface area contributed by atoms with Crippen LogP contribution in [0.5, 0.6) is 0 Å². The van der Waals surface area contributed by atoms with Crippen molar-refractivity contribution in [1.29, 1.82) is 0 Å². The van der Waals surface area contributed by atoms with Gasteiger partial charge in [-0.15, -0.1) is 0 Å². The SMILES string of the molecule is CC/C=C\C/C=C\C/C=C\C/C=C\CCCCC(=O)OCC(COP(=O)(O)OCC(O)COP(=O)(O)OCC(COC(=O)CCCCCCC/C=C\C/C=C\CCCCC)OC(=O)CCCCCCCCCCCCC)OC(=O)CCCCCCC/C=C\C/C=C\CCC. The molecule has 0 radical (unpaired) electrons. The van der Waals surface area contributed by atoms with Gasteiger partial charge in [0.15, 0.2) is 12.2 Å². The number of hydrogen-bond donors (Lipinski definition) is 3. The molecular formula is C75H130O17P2. The van der Waals surface area contributed by atoms with E-state index >= 15 is 0 Å². The van der Waals surface area contributed by atoms with E-state index in [1.165, 1.54) is 57.8 Å². The summed E-state index contributed by atoms with van der Waals surface area (Å²) in [6.45, 7) is 4.58. The Balaban J connectivity index is 5.36. The molecule has 0 aliphatic carbocycles. The minimum absolute atomic E-state index is 0.0690. The smallest absolute Gasteiger partial charge is 0.462 e. The minimum Gasteiger partial charge on any atom is -0.462 e. The van der Waals surface area contributed by atoms with Crippen LogP contribution >= 0.6 is 15.6 Å². The monoisotopic (exact) mass is 1360 g/mol. The van der Waals surface area contributed by atoms with Crippen molar-refractivity contribution in [1.82, 2.24) is 0 Å². The lowest BCUT2D eigenvalue weighted by atomic mass is 10.1. The fraction of sp³-hybridized carbons (Fsp3) is 0.733. The Bertz CT molecular complexity index is 2170. The van der Waals surface area contributed by atoms with Crippen LogP contribution in [0.25, 0.3) is 0 Å². The molecule has 5 atom stereocenters. The number of phosphoric ester groups is 2. The van der Waals surface area contributed by atoms with E-state index in [0.717, 1.165) is 161 Å². The van der Waals surface area contributed by atoms with Crippen molar-refractivity contribution in [3.63, 3.8) is 0 Å². The highest BCUT2D eigenvalue weighted by Gasteiger charge is 2.30. The van der Waals surface area contributed by atoms with Crippen molar-refractivity contribution in [2.45, 2.75) is 316 Å². The molecular weight excluding hydrogens is 1230 g/mol. The summed E-state index contributed by atoms with van der Waals surface area (Å²) in [5.41, 5.74) is 0. The highest BCUT2D eigenvalue weighted by molar-refractivity contribution is 7.47. The first-order chi connectivity index (χ1) is 45.7. The van der Waals surface area contributed by atoms with Crippen LogP contribution in [0.15, 0.2) is 97.2 Å². The predicted molar refractivity (Wildman–Crippen MR) is 381 cm³/mol. The number of carbonyl (C=O) groups excluding carboxylic acids is 4. The quantitative estimate of drug-likeness (QED) is 0.0169. The van der Waals surface area contributed by atoms with Crippen molar-refractivity contribution in [2.75, 3.05) is 39.6 Å². The summed E-state index contributed by atoms with van der Waals surface area (Å²) in [6.07, 6.45) is 68.4. The molecule has 0 aromatic carbocycles. The first kappa shape index (κ1) is 90.0. The summed E-state index contributed by atoms with van der Waals surface area (Å²) in [5, 5.41) is 10.6. The maximum atomic E-state index is 13.0. The number of unbranched alkanes of at least 4 members (excludes halogenated alkanes) is 26. The standard InChI is InChI=1S/C75H130O17P2/c1-5-9-13-17-21-25-29-32-34-37-40-43-47-51-55-59-72(77)85-65-70(91-74(79)61-57-53-49-45-39-28-24-20-16-12-8-4)67-89-93(81,82)87-63-69(76)64-88-94(83,84)90-68-71(92-75(80)62-58-54-50-46-42-36-31-27-23-19-15-11-7-3)66-86-73(78)60-56-52-48-44-41-38-35-33-30-26-22-18-14-10-6-2/h10,14-15,19,21-22,25-27,31-35,41,44,69-71,76H,5-9,11-13,16-18,20,23-24,28-30,36-40,42-43,45-68H2,1-4H3,(H,81,82)(H,83,84)/b14-10-,19-15-,25-21-,26-22-,31-27-,34-32-,35-33-,44-41-. The van der Waals surface area contributed by atoms with E-state index in [1.54, 1.807) is 0 Å². The van der Waals surface area contributed by atoms with Crippen molar-refractivity contribution in [3.8, 4) is 0 Å². The van der Waals surface area contributed by atoms with Gasteiger partial charge in [-0.3, -0.25) is 37.3 Å². The van der Waals surface area contributed by atoms with Crippen LogP contribution in [0, 0.1) is 0 Å². The van der Waals surface area contributed by atoms with Gasteiger partial charge in [0.05, 0.1) is 26.4 Å². The van der Waals surface area contributed by atoms with Crippen molar-refractivity contribution < 1.29 is 80.2 Å². The Labute approximate surface area is 569 Å². The normalized spacial score (nSPS) is 14.6. The zero-order valence-corrected chi connectivity index (χ0v) is 60.7. The van der Waals surface area contributed by atoms with E-state index in [-0.39, 0.29) is 25.7 Å². The fourth-order valence-electron chi connectivity index (χ4n) is 9.45. The number of esters is 4. The molecule has 3 N–H and O–H groups in total. The maximum Gasteiger partial charge on any atom is 0.472 e. The average molecular weight is 1370 g/mol. The third kappa shape index (κ3) is 66.6. The van der Waals surface area contributed by atoms with Gasteiger partial charge < -0.3 is 33.8 Å². The third-order valence-electron chi connectivity index (χ3n) is 15.0. The summed E-state index contributed by atoms with van der Waals surface area (Å²) >= 11 is 0. The Kier molecular flexibility index (Phi) is 64.7. The first-order valence-corrected chi connectivity index (χ1v) is 39.5. The van der Waals surface area contributed by atoms with E-state index in [4.69, 9.17) is 37.0 Å². The lowest BCUT2D eigenvalue weighted by molar-refractivity contribution is -0.161. The van der Waals surface area contributed by atoms with Gasteiger partial charge >= 0.3 is 39.5 Å². The molecule has 17 nitrogen and oxygen atoms in total. The van der Waals surface area contributed by atoms with Crippen LogP contribution < -0.4 is 0 Å². The molecule has 0 aromatic heterocycles. The predicted octanol–water partition coefficient (Wildman–Crippen LogP) is 20.4. The van der Waals surface area contributed by atoms with E-state index in [1.807, 2.05) is 0 Å². The van der Waals surface area contributed by atoms with Gasteiger partial charge in [0.2, 0.25) is 0 Å². The second-order valence-corrected chi connectivity index (χ2v) is 27.1. The van der Waals surface area contributed by atoms with Crippen LogP contribution in [0.1, 0.15) is 297 Å². The molecule has 0 aliphatic rings. The maximum absolute atomic E-state index is 13.0. The Morgan fingerprint density at radius 1 is 0.309 bits per heavy atom. The average Bonchev–Trinajstić information content (AvgIpc) is 1.55. The fourth-order valence-corrected chi connectivity index (χ4v) is 11.0. The Morgan fingerprint density at radius 3 is 0.936 bits per heavy atom. The molecule has 542 valence electrons. The van der Waals surface area contributed by atoms with Crippen LogP contribution in [0.4, 0.5) is 0 Å². The molecule has 0 spiro atoms. The first-order valence-electron chi connectivity index (χ1n) is 36.5. The molecule has 5 unspecified atom stereocenters. The molecule has 0 saturated carbocycles. The number of ether oxygens (including phenoxy) is 4. The van der Waals surface area contributed by atoms with Gasteiger partial charge in [-0.05, 0) is 122 Å². The van der Waals surface area contributed by atoms with E-state index in [9.17, 15) is 43.2 Å². The molecule has 0 aliphatic heterocycles. The number of allylic oxidation sites excluding steroid dienone is 16. The van der Waals surface area contributed by atoms with Crippen molar-refractivity contribution in [3.05, 3.63) is 97.2 Å². The van der Waals surface area contributed by atoms with Crippen LogP contribution in [0.2, 0.25) is 0 Å². The topological polar surface area (TPSA) is 237 Å². The summed E-state index contributed by atoms with van der Waals surface area (Å²) < 4.78 is 68.2. The Morgan fingerprint density at radius 2 is 0.574 bits per heavy atom. The van der Waals surface area contributed by atoms with Crippen LogP contribution in [0.3, 0.4) is 0 Å². The molecule has 0 heterocycles. The molecule has 19 heteroatoms. The van der Waals surface area contributed by atoms with Crippen LogP contribution in [-0.2, 0) is 65.4 Å². The van der Waals surface area contributed by atoms with E-state index in [0.29, 0.717) is 25.7 Å². The summed E-state index contributed by atoms with van der Waals surface area (Å²) in [4.78, 5) is 72.6. The molecule has 0 saturated heterocycles. The van der Waals surface area contributed by atoms with Gasteiger partial charge in [0.1, 0.15) is 19.3 Å². The molecule has 0 aromatic rings. The second kappa shape index (κ2) is 67.5. The summed E-state index contributed by atoms with van der Waals surface area (Å²) in [7, 11) is -9.95. The number of rotatable bonds is 68. The molecule has 0 fully saturated rings. The number of aliphatic hydroxyl groups is 1. The molecule has 0 amide bonds. The zero-order chi connectivity index (χ0) is 69.0. The number of phosphoric acid groups is 2. The lowest BCUT2D eigenvalue weighted by Gasteiger charge is -2.21. The van der Waals surface area contributed by atoms with Crippen molar-refractivity contribution >= 4 is 39.5 Å². The minimum atomic E-state index is -4.98. The zero-order valence-electron chi connectivity index (χ0n) is 58.9. The molecule has 0 rings (SSSR count). The van der Waals surface area contributed by atoms with Gasteiger partial charge in [-0.25, -0.2) is 9.13 Å². The number of carbonyl (C=O) groups is 4. The number of hydrogen-bond acceptors (Lipinski definition) is 15. The molecule has 0 bridgehead atoms. The second-order valence-electron chi connectivity index (χ2n) is 24.2. The summed E-state index contributed by atoms with van der Waals surface area (Å²) in [6, 6.07) is 0. The van der Waals surface area contributed by atoms with Gasteiger partial charge in [0.25, 0.3) is 0 Å². The largest absolute Gasteiger partial charge is 0.472 e. The van der Waals surface area contributed by atoms with Crippen molar-refractivity contribution in [2.24, 2.45) is 0 Å². The number of aliphatic hydroxyl groups excluding tert-OH is 1. The van der Waals surface area contributed by atoms with Gasteiger partial charge in [-0.1, -0.05) is 247 Å². The third-order valence-corrected chi connectivity index (χ3v) is 16.9. The van der Waals surface area contributed by atoms with Gasteiger partial charge in [0, 0.05) is 25.7 Å². The lowest BCUT2D eigenvalue weighted by Crippen LogP contribution is -2.30. The molecule has 94 heavy (non-hydrogen) atoms. The summed E-state index contributed by atoms with van der Waals surface area (Å²) in [5.74, 6) is -2.25. The highest BCUT2D eigenvalue weighted by Crippen LogP contribution is 2.45. The van der Waals surface area contributed by atoms with E-state index in [2.05, 4.69) is 125 Å². The van der Waals surface area contributed by atoms with E-state index < -0.39 is 97.5 Å². The van der Waals surface area contributed by atoms with Gasteiger partial charge in [-0.2, -0.15) is 0 Å².